The van der Waals surface area contributed by atoms with Gasteiger partial charge < -0.3 is 35.0 Å². The van der Waals surface area contributed by atoms with Crippen molar-refractivity contribution in [2.45, 2.75) is 45.4 Å². The van der Waals surface area contributed by atoms with Crippen LogP contribution in [0.1, 0.15) is 32.8 Å². The Bertz CT molecular complexity index is 705. The van der Waals surface area contributed by atoms with Gasteiger partial charge in [0.1, 0.15) is 24.5 Å². The average molecular weight is 437 g/mol. The molecule has 0 radical (unpaired) electrons. The van der Waals surface area contributed by atoms with E-state index in [1.165, 1.54) is 0 Å². The maximum Gasteiger partial charge on any atom is 0.408 e. The van der Waals surface area contributed by atoms with Crippen molar-refractivity contribution in [3.63, 3.8) is 0 Å². The summed E-state index contributed by atoms with van der Waals surface area (Å²) >= 11 is 0. The van der Waals surface area contributed by atoms with Crippen LogP contribution in [0.3, 0.4) is 0 Å². The smallest absolute Gasteiger partial charge is 0.408 e. The first-order valence-electron chi connectivity index (χ1n) is 9.94. The normalized spacial score (nSPS) is 11.7. The van der Waals surface area contributed by atoms with E-state index in [-0.39, 0.29) is 39.3 Å². The van der Waals surface area contributed by atoms with E-state index in [4.69, 9.17) is 14.2 Å². The summed E-state index contributed by atoms with van der Waals surface area (Å²) < 4.78 is 15.4. The molecule has 10 heteroatoms. The van der Waals surface area contributed by atoms with Gasteiger partial charge in [-0.05, 0) is 26.3 Å². The topological polar surface area (TPSA) is 132 Å². The predicted octanol–water partition coefficient (Wildman–Crippen LogP) is 1.53. The van der Waals surface area contributed by atoms with Crippen molar-refractivity contribution in [1.29, 1.82) is 0 Å². The SMILES string of the molecule is CC(C)(C)OC(=O)NCCOCCNC(=O)[C@H](CC=O)NC(=O)OCc1ccccc1. The zero-order valence-corrected chi connectivity index (χ0v) is 18.1. The lowest BCUT2D eigenvalue weighted by atomic mass is 10.2. The molecule has 0 fully saturated rings. The van der Waals surface area contributed by atoms with Crippen molar-refractivity contribution in [2.75, 3.05) is 26.3 Å². The van der Waals surface area contributed by atoms with Crippen LogP contribution in [0.2, 0.25) is 0 Å². The Morgan fingerprint density at radius 2 is 1.65 bits per heavy atom. The van der Waals surface area contributed by atoms with Crippen molar-refractivity contribution >= 4 is 24.4 Å². The summed E-state index contributed by atoms with van der Waals surface area (Å²) in [7, 11) is 0. The summed E-state index contributed by atoms with van der Waals surface area (Å²) in [6.07, 6.45) is -0.977. The molecule has 0 aliphatic rings. The minimum atomic E-state index is -1.05. The predicted molar refractivity (Wildman–Crippen MR) is 112 cm³/mol. The lowest BCUT2D eigenvalue weighted by Gasteiger charge is -2.19. The van der Waals surface area contributed by atoms with Crippen LogP contribution in [0.5, 0.6) is 0 Å². The molecule has 0 heterocycles. The summed E-state index contributed by atoms with van der Waals surface area (Å²) in [4.78, 5) is 46.4. The van der Waals surface area contributed by atoms with Gasteiger partial charge in [0.05, 0.1) is 13.2 Å². The highest BCUT2D eigenvalue weighted by Gasteiger charge is 2.21. The molecule has 0 aliphatic carbocycles. The zero-order chi connectivity index (χ0) is 23.1. The second-order valence-electron chi connectivity index (χ2n) is 7.49. The Labute approximate surface area is 182 Å². The molecule has 1 aromatic carbocycles. The molecule has 0 bridgehead atoms. The van der Waals surface area contributed by atoms with E-state index in [1.807, 2.05) is 18.2 Å². The molecule has 0 saturated heterocycles. The zero-order valence-electron chi connectivity index (χ0n) is 18.1. The lowest BCUT2D eigenvalue weighted by Crippen LogP contribution is -2.47. The Hall–Kier alpha value is -3.14. The molecular weight excluding hydrogens is 406 g/mol. The average Bonchev–Trinajstić information content (AvgIpc) is 2.70. The maximum atomic E-state index is 12.2. The summed E-state index contributed by atoms with van der Waals surface area (Å²) in [6, 6.07) is 8.02. The Morgan fingerprint density at radius 1 is 1.00 bits per heavy atom. The number of benzene rings is 1. The third kappa shape index (κ3) is 12.9. The number of alkyl carbamates (subject to hydrolysis) is 2. The molecule has 0 aliphatic heterocycles. The summed E-state index contributed by atoms with van der Waals surface area (Å²) in [5, 5.41) is 7.49. The highest BCUT2D eigenvalue weighted by Crippen LogP contribution is 2.06. The van der Waals surface area contributed by atoms with E-state index in [0.717, 1.165) is 5.56 Å². The number of carbonyl (C=O) groups excluding carboxylic acids is 4. The molecule has 0 unspecified atom stereocenters. The van der Waals surface area contributed by atoms with Crippen LogP contribution in [-0.2, 0) is 30.4 Å². The number of hydrogen-bond donors (Lipinski definition) is 3. The second kappa shape index (κ2) is 14.0. The number of ether oxygens (including phenoxy) is 3. The molecule has 3 N–H and O–H groups in total. The van der Waals surface area contributed by atoms with Gasteiger partial charge in [0.2, 0.25) is 5.91 Å². The molecule has 1 aromatic rings. The van der Waals surface area contributed by atoms with Gasteiger partial charge >= 0.3 is 12.2 Å². The quantitative estimate of drug-likeness (QED) is 0.334. The van der Waals surface area contributed by atoms with Crippen LogP contribution in [0.4, 0.5) is 9.59 Å². The minimum absolute atomic E-state index is 0.0489. The Kier molecular flexibility index (Phi) is 11.7. The van der Waals surface area contributed by atoms with Crippen molar-refractivity contribution in [1.82, 2.24) is 16.0 Å². The summed E-state index contributed by atoms with van der Waals surface area (Å²) in [5.74, 6) is -0.528. The van der Waals surface area contributed by atoms with Gasteiger partial charge in [-0.15, -0.1) is 0 Å². The highest BCUT2D eigenvalue weighted by atomic mass is 16.6. The molecular formula is C21H31N3O7. The minimum Gasteiger partial charge on any atom is -0.445 e. The van der Waals surface area contributed by atoms with Gasteiger partial charge in [0.15, 0.2) is 0 Å². The van der Waals surface area contributed by atoms with Crippen LogP contribution >= 0.6 is 0 Å². The number of nitrogens with one attached hydrogen (secondary N) is 3. The number of amides is 3. The van der Waals surface area contributed by atoms with Gasteiger partial charge in [0.25, 0.3) is 0 Å². The number of hydrogen-bond acceptors (Lipinski definition) is 7. The van der Waals surface area contributed by atoms with Crippen molar-refractivity contribution < 1.29 is 33.4 Å². The van der Waals surface area contributed by atoms with Gasteiger partial charge in [-0.25, -0.2) is 9.59 Å². The Balaban J connectivity index is 2.22. The first-order valence-corrected chi connectivity index (χ1v) is 9.94. The van der Waals surface area contributed by atoms with Crippen LogP contribution in [0.25, 0.3) is 0 Å². The third-order valence-corrected chi connectivity index (χ3v) is 3.61. The van der Waals surface area contributed by atoms with E-state index >= 15 is 0 Å². The summed E-state index contributed by atoms with van der Waals surface area (Å²) in [5.41, 5.74) is 0.224. The number of rotatable bonds is 12. The van der Waals surface area contributed by atoms with Gasteiger partial charge in [0, 0.05) is 19.5 Å². The van der Waals surface area contributed by atoms with Crippen LogP contribution in [-0.4, -0.2) is 62.3 Å². The Morgan fingerprint density at radius 3 is 2.26 bits per heavy atom. The fraction of sp³-hybridized carbons (Fsp3) is 0.524. The lowest BCUT2D eigenvalue weighted by molar-refractivity contribution is -0.125. The molecule has 10 nitrogen and oxygen atoms in total. The van der Waals surface area contributed by atoms with E-state index in [1.54, 1.807) is 32.9 Å². The monoisotopic (exact) mass is 437 g/mol. The maximum absolute atomic E-state index is 12.2. The van der Waals surface area contributed by atoms with Gasteiger partial charge in [-0.2, -0.15) is 0 Å². The molecule has 31 heavy (non-hydrogen) atoms. The van der Waals surface area contributed by atoms with Gasteiger partial charge in [-0.1, -0.05) is 30.3 Å². The first-order chi connectivity index (χ1) is 14.7. The van der Waals surface area contributed by atoms with Crippen molar-refractivity contribution in [3.8, 4) is 0 Å². The molecule has 3 amide bonds. The molecule has 172 valence electrons. The van der Waals surface area contributed by atoms with Crippen LogP contribution in [0.15, 0.2) is 30.3 Å². The van der Waals surface area contributed by atoms with E-state index in [9.17, 15) is 19.2 Å². The number of carbonyl (C=O) groups is 4. The van der Waals surface area contributed by atoms with Crippen molar-refractivity contribution in [3.05, 3.63) is 35.9 Å². The fourth-order valence-corrected chi connectivity index (χ4v) is 2.25. The molecule has 1 atom stereocenters. The molecule has 1 rings (SSSR count). The van der Waals surface area contributed by atoms with Crippen molar-refractivity contribution in [2.24, 2.45) is 0 Å². The van der Waals surface area contributed by atoms with E-state index in [0.29, 0.717) is 6.29 Å². The highest BCUT2D eigenvalue weighted by molar-refractivity contribution is 5.87. The van der Waals surface area contributed by atoms with Crippen LogP contribution < -0.4 is 16.0 Å². The number of aldehydes is 1. The fourth-order valence-electron chi connectivity index (χ4n) is 2.25. The summed E-state index contributed by atoms with van der Waals surface area (Å²) in [6.45, 7) is 6.19. The van der Waals surface area contributed by atoms with Crippen LogP contribution in [0, 0.1) is 0 Å². The first kappa shape index (κ1) is 25.9. The molecule has 0 aromatic heterocycles. The van der Waals surface area contributed by atoms with E-state index in [2.05, 4.69) is 16.0 Å². The molecule has 0 spiro atoms. The standard InChI is InChI=1S/C21H31N3O7/c1-21(2,3)31-19(27)23-11-14-29-13-10-22-18(26)17(9-12-25)24-20(28)30-15-16-7-5-4-6-8-16/h4-8,12,17H,9-11,13-15H2,1-3H3,(H,22,26)(H,23,27)(H,24,28)/t17-/m0/s1. The largest absolute Gasteiger partial charge is 0.445 e. The second-order valence-corrected chi connectivity index (χ2v) is 7.49. The molecule has 0 saturated carbocycles. The third-order valence-electron chi connectivity index (χ3n) is 3.61. The van der Waals surface area contributed by atoms with E-state index < -0.39 is 29.7 Å². The van der Waals surface area contributed by atoms with Gasteiger partial charge in [-0.3, -0.25) is 4.79 Å².